The van der Waals surface area contributed by atoms with Crippen molar-refractivity contribution >= 4 is 15.8 Å². The molecule has 0 unspecified atom stereocenters. The molecule has 0 aromatic heterocycles. The van der Waals surface area contributed by atoms with Gasteiger partial charge >= 0.3 is 0 Å². The van der Waals surface area contributed by atoms with E-state index in [1.165, 1.54) is 37.5 Å². The van der Waals surface area contributed by atoms with Gasteiger partial charge in [0, 0.05) is 31.8 Å². The third kappa shape index (κ3) is 6.83. The van der Waals surface area contributed by atoms with Gasteiger partial charge in [-0.15, -0.1) is 0 Å². The third-order valence-corrected chi connectivity index (χ3v) is 6.59. The molecular formula is C21H35N3O2S. The molecule has 0 radical (unpaired) electrons. The summed E-state index contributed by atoms with van der Waals surface area (Å²) < 4.78 is 22.9. The lowest BCUT2D eigenvalue weighted by Crippen LogP contribution is -2.47. The lowest BCUT2D eigenvalue weighted by Gasteiger charge is -2.31. The van der Waals surface area contributed by atoms with E-state index in [-0.39, 0.29) is 16.6 Å². The van der Waals surface area contributed by atoms with Crippen molar-refractivity contribution in [1.29, 1.82) is 0 Å². The van der Waals surface area contributed by atoms with Crippen LogP contribution in [0.3, 0.4) is 0 Å². The predicted octanol–water partition coefficient (Wildman–Crippen LogP) is 3.12. The summed E-state index contributed by atoms with van der Waals surface area (Å²) in [4.78, 5) is 4.36. The average Bonchev–Trinajstić information content (AvgIpc) is 3.11. The van der Waals surface area contributed by atoms with E-state index in [1.807, 2.05) is 0 Å². The van der Waals surface area contributed by atoms with Gasteiger partial charge in [0.15, 0.2) is 5.96 Å². The van der Waals surface area contributed by atoms with E-state index >= 15 is 0 Å². The molecule has 0 spiro atoms. The number of rotatable bonds is 8. The van der Waals surface area contributed by atoms with Gasteiger partial charge in [0.25, 0.3) is 0 Å². The summed E-state index contributed by atoms with van der Waals surface area (Å²) in [6, 6.07) is 10.8. The van der Waals surface area contributed by atoms with Crippen LogP contribution in [0, 0.1) is 5.41 Å². The molecule has 1 saturated carbocycles. The SMILES string of the molecule is CN=C(NCC(C)(C)CCS(C)(=O)=O)NCC1(c2ccccc2)CCCC1. The lowest BCUT2D eigenvalue weighted by atomic mass is 9.79. The van der Waals surface area contributed by atoms with Crippen molar-refractivity contribution < 1.29 is 8.42 Å². The van der Waals surface area contributed by atoms with E-state index in [9.17, 15) is 8.42 Å². The normalized spacial score (nSPS) is 17.7. The Bertz CT molecular complexity index is 721. The molecule has 0 aliphatic heterocycles. The molecule has 6 heteroatoms. The Balaban J connectivity index is 1.93. The van der Waals surface area contributed by atoms with Crippen molar-refractivity contribution in [3.05, 3.63) is 35.9 Å². The summed E-state index contributed by atoms with van der Waals surface area (Å²) in [6.07, 6.45) is 6.84. The summed E-state index contributed by atoms with van der Waals surface area (Å²) in [5.74, 6) is 0.995. The summed E-state index contributed by atoms with van der Waals surface area (Å²) in [7, 11) is -1.15. The second kappa shape index (κ2) is 9.09. The van der Waals surface area contributed by atoms with E-state index in [0.717, 1.165) is 12.5 Å². The number of sulfone groups is 1. The van der Waals surface area contributed by atoms with Gasteiger partial charge in [0.1, 0.15) is 9.84 Å². The van der Waals surface area contributed by atoms with Crippen LogP contribution in [0.1, 0.15) is 51.5 Å². The van der Waals surface area contributed by atoms with Crippen molar-refractivity contribution in [2.45, 2.75) is 51.4 Å². The zero-order valence-corrected chi connectivity index (χ0v) is 18.0. The Morgan fingerprint density at radius 3 is 2.33 bits per heavy atom. The highest BCUT2D eigenvalue weighted by molar-refractivity contribution is 7.90. The number of nitrogens with one attached hydrogen (secondary N) is 2. The van der Waals surface area contributed by atoms with Crippen LogP contribution in [0.5, 0.6) is 0 Å². The van der Waals surface area contributed by atoms with Crippen LogP contribution >= 0.6 is 0 Å². The molecule has 0 heterocycles. The number of guanidine groups is 1. The quantitative estimate of drug-likeness (QED) is 0.526. The van der Waals surface area contributed by atoms with E-state index in [0.29, 0.717) is 13.0 Å². The third-order valence-electron chi connectivity index (χ3n) is 5.65. The first-order chi connectivity index (χ1) is 12.7. The fourth-order valence-electron chi connectivity index (χ4n) is 3.76. The highest BCUT2D eigenvalue weighted by atomic mass is 32.2. The second-order valence-electron chi connectivity index (χ2n) is 8.68. The zero-order valence-electron chi connectivity index (χ0n) is 17.2. The van der Waals surface area contributed by atoms with Crippen LogP contribution in [-0.4, -0.2) is 46.5 Å². The maximum absolute atomic E-state index is 11.4. The van der Waals surface area contributed by atoms with Crippen LogP contribution in [0.25, 0.3) is 0 Å². The minimum absolute atomic E-state index is 0.120. The fraction of sp³-hybridized carbons (Fsp3) is 0.667. The maximum atomic E-state index is 11.4. The molecule has 152 valence electrons. The van der Waals surface area contributed by atoms with Gasteiger partial charge in [-0.05, 0) is 30.2 Å². The molecule has 1 aromatic carbocycles. The first-order valence-electron chi connectivity index (χ1n) is 9.84. The standard InChI is InChI=1S/C21H35N3O2S/c1-20(2,14-15-27(4,25)26)16-23-19(22-3)24-17-21(12-8-9-13-21)18-10-6-5-7-11-18/h5-7,10-11H,8-9,12-17H2,1-4H3,(H2,22,23,24). The van der Waals surface area contributed by atoms with Gasteiger partial charge in [0.2, 0.25) is 0 Å². The number of nitrogens with zero attached hydrogens (tertiary/aromatic N) is 1. The topological polar surface area (TPSA) is 70.6 Å². The van der Waals surface area contributed by atoms with Gasteiger partial charge in [-0.25, -0.2) is 8.42 Å². The molecule has 27 heavy (non-hydrogen) atoms. The van der Waals surface area contributed by atoms with Crippen molar-refractivity contribution in [3.63, 3.8) is 0 Å². The second-order valence-corrected chi connectivity index (χ2v) is 10.9. The highest BCUT2D eigenvalue weighted by Gasteiger charge is 2.35. The van der Waals surface area contributed by atoms with E-state index in [2.05, 4.69) is 59.8 Å². The molecule has 0 atom stereocenters. The largest absolute Gasteiger partial charge is 0.356 e. The van der Waals surface area contributed by atoms with Gasteiger partial charge in [-0.2, -0.15) is 0 Å². The van der Waals surface area contributed by atoms with E-state index in [1.54, 1.807) is 7.05 Å². The van der Waals surface area contributed by atoms with Gasteiger partial charge < -0.3 is 10.6 Å². The maximum Gasteiger partial charge on any atom is 0.191 e. The first-order valence-corrected chi connectivity index (χ1v) is 11.9. The van der Waals surface area contributed by atoms with Gasteiger partial charge in [0.05, 0.1) is 5.75 Å². The number of aliphatic imine (C=N–C) groups is 1. The molecule has 1 aromatic rings. The molecule has 0 saturated heterocycles. The molecule has 0 amide bonds. The van der Waals surface area contributed by atoms with Crippen LogP contribution in [-0.2, 0) is 15.3 Å². The van der Waals surface area contributed by atoms with Crippen LogP contribution in [0.2, 0.25) is 0 Å². The minimum Gasteiger partial charge on any atom is -0.356 e. The average molecular weight is 394 g/mol. The van der Waals surface area contributed by atoms with Gasteiger partial charge in [-0.3, -0.25) is 4.99 Å². The molecule has 1 fully saturated rings. The van der Waals surface area contributed by atoms with Crippen molar-refractivity contribution in [2.75, 3.05) is 32.1 Å². The van der Waals surface area contributed by atoms with E-state index < -0.39 is 9.84 Å². The molecule has 1 aliphatic carbocycles. The van der Waals surface area contributed by atoms with Crippen molar-refractivity contribution in [1.82, 2.24) is 10.6 Å². The summed E-state index contributed by atoms with van der Waals surface area (Å²) in [6.45, 7) is 5.71. The number of hydrogen-bond acceptors (Lipinski definition) is 3. The Morgan fingerprint density at radius 2 is 1.78 bits per heavy atom. The van der Waals surface area contributed by atoms with E-state index in [4.69, 9.17) is 0 Å². The summed E-state index contributed by atoms with van der Waals surface area (Å²) >= 11 is 0. The van der Waals surface area contributed by atoms with Crippen molar-refractivity contribution in [3.8, 4) is 0 Å². The summed E-state index contributed by atoms with van der Waals surface area (Å²) in [5, 5.41) is 6.90. The Morgan fingerprint density at radius 1 is 1.15 bits per heavy atom. The highest BCUT2D eigenvalue weighted by Crippen LogP contribution is 2.40. The first kappa shape index (κ1) is 21.7. The number of benzene rings is 1. The fourth-order valence-corrected chi connectivity index (χ4v) is 4.68. The van der Waals surface area contributed by atoms with Gasteiger partial charge in [-0.1, -0.05) is 57.0 Å². The Hall–Kier alpha value is -1.56. The zero-order chi connectivity index (χ0) is 20.0. The lowest BCUT2D eigenvalue weighted by molar-refractivity contribution is 0.347. The van der Waals surface area contributed by atoms with Crippen molar-refractivity contribution in [2.24, 2.45) is 10.4 Å². The predicted molar refractivity (Wildman–Crippen MR) is 114 cm³/mol. The molecule has 2 rings (SSSR count). The van der Waals surface area contributed by atoms with Crippen LogP contribution < -0.4 is 10.6 Å². The molecule has 2 N–H and O–H groups in total. The monoisotopic (exact) mass is 393 g/mol. The molecular weight excluding hydrogens is 358 g/mol. The number of hydrogen-bond donors (Lipinski definition) is 2. The minimum atomic E-state index is -2.94. The summed E-state index contributed by atoms with van der Waals surface area (Å²) in [5.41, 5.74) is 1.45. The van der Waals surface area contributed by atoms with Crippen LogP contribution in [0.4, 0.5) is 0 Å². The molecule has 5 nitrogen and oxygen atoms in total. The Kier molecular flexibility index (Phi) is 7.32. The molecule has 0 bridgehead atoms. The molecule has 1 aliphatic rings. The van der Waals surface area contributed by atoms with Crippen LogP contribution in [0.15, 0.2) is 35.3 Å². The smallest absolute Gasteiger partial charge is 0.191 e. The Labute approximate surface area is 165 Å².